The lowest BCUT2D eigenvalue weighted by Gasteiger charge is -2.27. The van der Waals surface area contributed by atoms with Crippen molar-refractivity contribution >= 4 is 20.7 Å². The lowest BCUT2D eigenvalue weighted by molar-refractivity contribution is -0.149. The molecular formula is C6H12O7Si. The van der Waals surface area contributed by atoms with Crippen molar-refractivity contribution < 1.29 is 33.1 Å². The fourth-order valence-electron chi connectivity index (χ4n) is 1.01. The van der Waals surface area contributed by atoms with Gasteiger partial charge in [-0.15, -0.1) is 0 Å². The van der Waals surface area contributed by atoms with Crippen LogP contribution in [0.1, 0.15) is 0 Å². The van der Waals surface area contributed by atoms with Crippen LogP contribution in [0, 0.1) is 0 Å². The van der Waals surface area contributed by atoms with Crippen LogP contribution in [0.15, 0.2) is 0 Å². The molecule has 0 saturated heterocycles. The number of hydrogen-bond donors (Lipinski definition) is 2. The molecule has 82 valence electrons. The van der Waals surface area contributed by atoms with Crippen molar-refractivity contribution in [3.8, 4) is 0 Å². The molecule has 8 heteroatoms. The van der Waals surface area contributed by atoms with Crippen LogP contribution < -0.4 is 0 Å². The van der Waals surface area contributed by atoms with E-state index in [9.17, 15) is 9.59 Å². The second-order valence-electron chi connectivity index (χ2n) is 2.33. The van der Waals surface area contributed by atoms with Crippen molar-refractivity contribution in [3.05, 3.63) is 0 Å². The second kappa shape index (κ2) is 5.05. The van der Waals surface area contributed by atoms with Crippen LogP contribution in [0.4, 0.5) is 0 Å². The Bertz CT molecular complexity index is 202. The van der Waals surface area contributed by atoms with E-state index in [1.807, 2.05) is 0 Å². The molecule has 0 aliphatic carbocycles. The first-order valence-electron chi connectivity index (χ1n) is 3.56. The number of hydrogen-bond acceptors (Lipinski definition) is 5. The summed E-state index contributed by atoms with van der Waals surface area (Å²) < 4.78 is 14.3. The molecule has 2 N–H and O–H groups in total. The fourth-order valence-corrected chi connectivity index (χ4v) is 2.82. The van der Waals surface area contributed by atoms with Crippen LogP contribution in [-0.4, -0.2) is 52.3 Å². The molecule has 0 aromatic rings. The van der Waals surface area contributed by atoms with Gasteiger partial charge in [-0.1, -0.05) is 0 Å². The van der Waals surface area contributed by atoms with Crippen LogP contribution in [0.3, 0.4) is 0 Å². The monoisotopic (exact) mass is 224 g/mol. The third-order valence-corrected chi connectivity index (χ3v) is 4.61. The SMILES string of the molecule is CO[Si](OC)(OC)C(C(=O)O)C(=O)O. The highest BCUT2D eigenvalue weighted by Crippen LogP contribution is 2.24. The van der Waals surface area contributed by atoms with Gasteiger partial charge in [0.05, 0.1) is 0 Å². The van der Waals surface area contributed by atoms with Gasteiger partial charge in [-0.3, -0.25) is 9.59 Å². The van der Waals surface area contributed by atoms with Gasteiger partial charge in [0.1, 0.15) is 0 Å². The molecule has 0 fully saturated rings. The summed E-state index contributed by atoms with van der Waals surface area (Å²) in [4.78, 5) is 21.4. The Morgan fingerprint density at radius 3 is 1.36 bits per heavy atom. The largest absolute Gasteiger partial charge is 0.526 e. The minimum atomic E-state index is -3.67. The Balaban J connectivity index is 5.10. The summed E-state index contributed by atoms with van der Waals surface area (Å²) in [5.41, 5.74) is -1.82. The summed E-state index contributed by atoms with van der Waals surface area (Å²) in [5.74, 6) is -3.09. The lowest BCUT2D eigenvalue weighted by Crippen LogP contribution is -2.53. The summed E-state index contributed by atoms with van der Waals surface area (Å²) in [6.45, 7) is 0. The maximum atomic E-state index is 10.7. The van der Waals surface area contributed by atoms with Crippen molar-refractivity contribution in [3.63, 3.8) is 0 Å². The molecule has 0 unspecified atom stereocenters. The van der Waals surface area contributed by atoms with E-state index in [2.05, 4.69) is 0 Å². The van der Waals surface area contributed by atoms with E-state index in [1.165, 1.54) is 0 Å². The second-order valence-corrected chi connectivity index (χ2v) is 5.33. The predicted octanol–water partition coefficient (Wildman–Crippen LogP) is -0.596. The van der Waals surface area contributed by atoms with Crippen molar-refractivity contribution in [1.82, 2.24) is 0 Å². The van der Waals surface area contributed by atoms with Gasteiger partial charge in [0.15, 0.2) is 0 Å². The number of rotatable bonds is 6. The molecule has 0 bridgehead atoms. The molecule has 0 aromatic heterocycles. The van der Waals surface area contributed by atoms with E-state index in [-0.39, 0.29) is 0 Å². The molecule has 14 heavy (non-hydrogen) atoms. The van der Waals surface area contributed by atoms with Crippen molar-refractivity contribution in [2.45, 2.75) is 5.54 Å². The van der Waals surface area contributed by atoms with E-state index in [0.29, 0.717) is 0 Å². The Hall–Kier alpha value is -0.963. The minimum absolute atomic E-state index is 1.15. The van der Waals surface area contributed by atoms with Gasteiger partial charge in [-0.05, 0) is 0 Å². The highest BCUT2D eigenvalue weighted by molar-refractivity contribution is 6.70. The number of aliphatic carboxylic acids is 2. The van der Waals surface area contributed by atoms with Crippen LogP contribution in [0.5, 0.6) is 0 Å². The van der Waals surface area contributed by atoms with Gasteiger partial charge in [0.2, 0.25) is 5.54 Å². The first-order valence-corrected chi connectivity index (χ1v) is 5.36. The summed E-state index contributed by atoms with van der Waals surface area (Å²) in [6.07, 6.45) is 0. The summed E-state index contributed by atoms with van der Waals surface area (Å²) >= 11 is 0. The summed E-state index contributed by atoms with van der Waals surface area (Å²) in [5, 5.41) is 17.4. The van der Waals surface area contributed by atoms with Gasteiger partial charge >= 0.3 is 20.7 Å². The Morgan fingerprint density at radius 1 is 1.00 bits per heavy atom. The zero-order valence-electron chi connectivity index (χ0n) is 8.01. The van der Waals surface area contributed by atoms with Crippen LogP contribution in [-0.2, 0) is 22.9 Å². The Kier molecular flexibility index (Phi) is 4.70. The number of carboxylic acids is 2. The lowest BCUT2D eigenvalue weighted by atomic mass is 10.4. The Morgan fingerprint density at radius 2 is 1.29 bits per heavy atom. The quantitative estimate of drug-likeness (QED) is 0.459. The molecule has 0 radical (unpaired) electrons. The average molecular weight is 224 g/mol. The standard InChI is InChI=1S/C6H12O7Si/c1-11-14(12-2,13-3)4(5(7)8)6(9)10/h4H,1-3H3,(H,7,8)(H,9,10). The minimum Gasteiger partial charge on any atom is -0.481 e. The molecule has 0 heterocycles. The normalized spacial score (nSPS) is 11.7. The average Bonchev–Trinajstić information content (AvgIpc) is 2.12. The molecule has 0 aliphatic rings. The first-order chi connectivity index (χ1) is 6.45. The van der Waals surface area contributed by atoms with E-state index >= 15 is 0 Å². The summed E-state index contributed by atoms with van der Waals surface area (Å²) in [6, 6.07) is 0. The molecule has 7 nitrogen and oxygen atoms in total. The molecule has 0 spiro atoms. The first kappa shape index (κ1) is 13.0. The molecule has 0 rings (SSSR count). The van der Waals surface area contributed by atoms with Crippen molar-refractivity contribution in [2.75, 3.05) is 21.3 Å². The smallest absolute Gasteiger partial charge is 0.481 e. The topological polar surface area (TPSA) is 102 Å². The third kappa shape index (κ3) is 2.29. The van der Waals surface area contributed by atoms with E-state index < -0.39 is 26.3 Å². The molecule has 0 amide bonds. The van der Waals surface area contributed by atoms with Crippen LogP contribution in [0.2, 0.25) is 5.54 Å². The van der Waals surface area contributed by atoms with E-state index in [4.69, 9.17) is 23.5 Å². The van der Waals surface area contributed by atoms with Gasteiger partial charge in [0, 0.05) is 21.3 Å². The molecule has 0 aliphatic heterocycles. The van der Waals surface area contributed by atoms with Gasteiger partial charge in [-0.2, -0.15) is 0 Å². The maximum absolute atomic E-state index is 10.7. The molecule has 0 atom stereocenters. The highest BCUT2D eigenvalue weighted by atomic mass is 28.4. The molecular weight excluding hydrogens is 212 g/mol. The maximum Gasteiger partial charge on any atom is 0.526 e. The van der Waals surface area contributed by atoms with Crippen molar-refractivity contribution in [1.29, 1.82) is 0 Å². The number of carbonyl (C=O) groups is 2. The predicted molar refractivity (Wildman–Crippen MR) is 45.8 cm³/mol. The van der Waals surface area contributed by atoms with Gasteiger partial charge in [0.25, 0.3) is 0 Å². The zero-order valence-corrected chi connectivity index (χ0v) is 9.01. The van der Waals surface area contributed by atoms with Crippen LogP contribution >= 0.6 is 0 Å². The van der Waals surface area contributed by atoms with E-state index in [0.717, 1.165) is 21.3 Å². The molecule has 0 aromatic carbocycles. The Labute approximate surface area is 81.6 Å². The van der Waals surface area contributed by atoms with Gasteiger partial charge < -0.3 is 23.5 Å². The van der Waals surface area contributed by atoms with Gasteiger partial charge in [-0.25, -0.2) is 0 Å². The number of carboxylic acid groups (broad SMARTS) is 2. The highest BCUT2D eigenvalue weighted by Gasteiger charge is 2.56. The summed E-state index contributed by atoms with van der Waals surface area (Å²) in [7, 11) is -0.219. The third-order valence-electron chi connectivity index (χ3n) is 1.70. The molecule has 0 saturated carbocycles. The fraction of sp³-hybridized carbons (Fsp3) is 0.667. The van der Waals surface area contributed by atoms with Crippen molar-refractivity contribution in [2.24, 2.45) is 0 Å². The zero-order chi connectivity index (χ0) is 11.4. The van der Waals surface area contributed by atoms with E-state index in [1.54, 1.807) is 0 Å². The van der Waals surface area contributed by atoms with Crippen LogP contribution in [0.25, 0.3) is 0 Å².